The maximum atomic E-state index is 11.6. The predicted molar refractivity (Wildman–Crippen MR) is 28.7 cm³/mol. The highest BCUT2D eigenvalue weighted by molar-refractivity contribution is 7.98. The lowest BCUT2D eigenvalue weighted by atomic mass is 10.5. The van der Waals surface area contributed by atoms with Crippen LogP contribution in [-0.4, -0.2) is 17.9 Å². The number of halogens is 2. The zero-order valence-corrected chi connectivity index (χ0v) is 4.89. The van der Waals surface area contributed by atoms with Crippen LogP contribution in [0.4, 0.5) is 8.78 Å². The smallest absolute Gasteiger partial charge is 0.206 e. The maximum Gasteiger partial charge on any atom is 0.257 e. The minimum Gasteiger partial charge on any atom is -0.206 e. The molecular formula is C4H7F2S. The summed E-state index contributed by atoms with van der Waals surface area (Å²) in [7, 11) is 0. The second kappa shape index (κ2) is 2.50. The molecule has 0 nitrogen and oxygen atoms in total. The van der Waals surface area contributed by atoms with Crippen LogP contribution >= 0.6 is 11.8 Å². The van der Waals surface area contributed by atoms with Crippen molar-refractivity contribution < 1.29 is 8.78 Å². The fourth-order valence-electron chi connectivity index (χ4n) is 0.211. The van der Waals surface area contributed by atoms with Gasteiger partial charge in [0.15, 0.2) is 0 Å². The molecule has 43 valence electrons. The van der Waals surface area contributed by atoms with Crippen molar-refractivity contribution in [2.45, 2.75) is 5.92 Å². The summed E-state index contributed by atoms with van der Waals surface area (Å²) in [6, 6.07) is 0. The molecule has 0 aromatic carbocycles. The molecule has 0 saturated carbocycles. The zero-order valence-electron chi connectivity index (χ0n) is 4.08. The molecule has 3 heteroatoms. The first-order valence-corrected chi connectivity index (χ1v) is 3.18. The second-order valence-electron chi connectivity index (χ2n) is 1.29. The minimum absolute atomic E-state index is 0.188. The van der Waals surface area contributed by atoms with Gasteiger partial charge in [0, 0.05) is 6.92 Å². The predicted octanol–water partition coefficient (Wildman–Crippen LogP) is 1.82. The van der Waals surface area contributed by atoms with E-state index in [0.717, 1.165) is 11.8 Å². The van der Waals surface area contributed by atoms with Crippen molar-refractivity contribution in [1.82, 2.24) is 0 Å². The lowest BCUT2D eigenvalue weighted by molar-refractivity contribution is 0.0798. The van der Waals surface area contributed by atoms with Gasteiger partial charge in [-0.25, -0.2) is 8.78 Å². The first-order chi connectivity index (χ1) is 3.06. The van der Waals surface area contributed by atoms with Crippen LogP contribution in [0.15, 0.2) is 0 Å². The van der Waals surface area contributed by atoms with Crippen LogP contribution < -0.4 is 0 Å². The van der Waals surface area contributed by atoms with Gasteiger partial charge >= 0.3 is 0 Å². The summed E-state index contributed by atoms with van der Waals surface area (Å²) < 4.78 is 23.2. The number of hydrogen-bond acceptors (Lipinski definition) is 1. The SMILES string of the molecule is [CH2]C(F)(F)CSC. The monoisotopic (exact) mass is 125 g/mol. The Morgan fingerprint density at radius 1 is 1.71 bits per heavy atom. The van der Waals surface area contributed by atoms with Crippen molar-refractivity contribution in [1.29, 1.82) is 0 Å². The van der Waals surface area contributed by atoms with Crippen molar-refractivity contribution >= 4 is 11.8 Å². The topological polar surface area (TPSA) is 0 Å². The summed E-state index contributed by atoms with van der Waals surface area (Å²) in [5.41, 5.74) is 0. The lowest BCUT2D eigenvalue weighted by Gasteiger charge is -2.04. The Morgan fingerprint density at radius 2 is 2.14 bits per heavy atom. The van der Waals surface area contributed by atoms with E-state index in [1.54, 1.807) is 6.26 Å². The molecule has 0 fully saturated rings. The molecule has 0 heterocycles. The Morgan fingerprint density at radius 3 is 2.14 bits per heavy atom. The molecule has 0 amide bonds. The van der Waals surface area contributed by atoms with E-state index in [4.69, 9.17) is 0 Å². The second-order valence-corrected chi connectivity index (χ2v) is 2.15. The highest BCUT2D eigenvalue weighted by Gasteiger charge is 2.19. The van der Waals surface area contributed by atoms with Crippen LogP contribution in [0.3, 0.4) is 0 Å². The van der Waals surface area contributed by atoms with Crippen molar-refractivity contribution in [2.24, 2.45) is 0 Å². The van der Waals surface area contributed by atoms with E-state index in [2.05, 4.69) is 6.92 Å². The normalized spacial score (nSPS) is 12.0. The van der Waals surface area contributed by atoms with Gasteiger partial charge in [-0.1, -0.05) is 0 Å². The first kappa shape index (κ1) is 7.21. The van der Waals surface area contributed by atoms with Gasteiger partial charge in [0.2, 0.25) is 0 Å². The molecule has 0 aliphatic carbocycles. The van der Waals surface area contributed by atoms with E-state index < -0.39 is 5.92 Å². The van der Waals surface area contributed by atoms with E-state index in [1.165, 1.54) is 0 Å². The summed E-state index contributed by atoms with van der Waals surface area (Å²) in [6.07, 6.45) is 1.62. The Labute approximate surface area is 46.3 Å². The molecule has 1 radical (unpaired) electrons. The van der Waals surface area contributed by atoms with Crippen LogP contribution in [0.1, 0.15) is 0 Å². The summed E-state index contributed by atoms with van der Waals surface area (Å²) >= 11 is 1.10. The van der Waals surface area contributed by atoms with Gasteiger partial charge in [-0.2, -0.15) is 11.8 Å². The average molecular weight is 125 g/mol. The van der Waals surface area contributed by atoms with Crippen LogP contribution in [-0.2, 0) is 0 Å². The van der Waals surface area contributed by atoms with Crippen molar-refractivity contribution in [3.8, 4) is 0 Å². The molecule has 0 saturated heterocycles. The largest absolute Gasteiger partial charge is 0.257 e. The van der Waals surface area contributed by atoms with Crippen LogP contribution in [0.2, 0.25) is 0 Å². The molecule has 0 aliphatic rings. The van der Waals surface area contributed by atoms with Gasteiger partial charge in [-0.3, -0.25) is 0 Å². The molecular weight excluding hydrogens is 118 g/mol. The molecule has 0 N–H and O–H groups in total. The Kier molecular flexibility index (Phi) is 2.58. The third kappa shape index (κ3) is 6.21. The molecule has 7 heavy (non-hydrogen) atoms. The van der Waals surface area contributed by atoms with Crippen LogP contribution in [0, 0.1) is 6.92 Å². The fraction of sp³-hybridized carbons (Fsp3) is 0.750. The van der Waals surface area contributed by atoms with E-state index in [1.807, 2.05) is 0 Å². The van der Waals surface area contributed by atoms with Crippen LogP contribution in [0.5, 0.6) is 0 Å². The van der Waals surface area contributed by atoms with Gasteiger partial charge in [0.25, 0.3) is 5.92 Å². The van der Waals surface area contributed by atoms with Crippen LogP contribution in [0.25, 0.3) is 0 Å². The van der Waals surface area contributed by atoms with E-state index in [-0.39, 0.29) is 5.75 Å². The fourth-order valence-corrected chi connectivity index (χ4v) is 0.634. The standard InChI is InChI=1S/C4H7F2S/c1-4(5,6)3-7-2/h1,3H2,2H3. The number of hydrogen-bond donors (Lipinski definition) is 0. The van der Waals surface area contributed by atoms with E-state index in [9.17, 15) is 8.78 Å². The van der Waals surface area contributed by atoms with Crippen molar-refractivity contribution in [3.05, 3.63) is 6.92 Å². The summed E-state index contributed by atoms with van der Waals surface area (Å²) in [4.78, 5) is 0. The third-order valence-electron chi connectivity index (χ3n) is 0.356. The summed E-state index contributed by atoms with van der Waals surface area (Å²) in [6.45, 7) is 2.61. The maximum absolute atomic E-state index is 11.6. The highest BCUT2D eigenvalue weighted by atomic mass is 32.2. The van der Waals surface area contributed by atoms with Crippen molar-refractivity contribution in [2.75, 3.05) is 12.0 Å². The summed E-state index contributed by atoms with van der Waals surface area (Å²) in [5, 5.41) is 0. The Balaban J connectivity index is 3.15. The van der Waals surface area contributed by atoms with Gasteiger partial charge in [0.1, 0.15) is 0 Å². The average Bonchev–Trinajstić information content (AvgIpc) is 1.30. The van der Waals surface area contributed by atoms with Gasteiger partial charge < -0.3 is 0 Å². The highest BCUT2D eigenvalue weighted by Crippen LogP contribution is 2.15. The van der Waals surface area contributed by atoms with Crippen molar-refractivity contribution in [3.63, 3.8) is 0 Å². The Bertz CT molecular complexity index is 48.1. The van der Waals surface area contributed by atoms with E-state index in [0.29, 0.717) is 0 Å². The van der Waals surface area contributed by atoms with Gasteiger partial charge in [-0.05, 0) is 6.26 Å². The third-order valence-corrected chi connectivity index (χ3v) is 1.07. The lowest BCUT2D eigenvalue weighted by Crippen LogP contribution is -2.12. The van der Waals surface area contributed by atoms with Gasteiger partial charge in [0.05, 0.1) is 5.75 Å². The summed E-state index contributed by atoms with van der Waals surface area (Å²) in [5.74, 6) is -2.92. The zero-order chi connectivity index (χ0) is 5.91. The molecule has 0 rings (SSSR count). The van der Waals surface area contributed by atoms with E-state index >= 15 is 0 Å². The molecule has 0 spiro atoms. The molecule has 0 aromatic rings. The quantitative estimate of drug-likeness (QED) is 0.542. The molecule has 0 bridgehead atoms. The molecule has 0 unspecified atom stereocenters. The Hall–Kier alpha value is 0.210. The molecule has 0 aliphatic heterocycles. The first-order valence-electron chi connectivity index (χ1n) is 1.78. The minimum atomic E-state index is -2.74. The molecule has 0 aromatic heterocycles. The number of thioether (sulfide) groups is 1. The number of alkyl halides is 2. The molecule has 0 atom stereocenters. The number of rotatable bonds is 2. The van der Waals surface area contributed by atoms with Gasteiger partial charge in [-0.15, -0.1) is 0 Å².